The van der Waals surface area contributed by atoms with Crippen LogP contribution in [0.5, 0.6) is 0 Å². The lowest BCUT2D eigenvalue weighted by Crippen LogP contribution is -2.40. The molecule has 0 N–H and O–H groups in total. The van der Waals surface area contributed by atoms with Gasteiger partial charge in [-0.15, -0.1) is 0 Å². The Morgan fingerprint density at radius 1 is 1.32 bits per heavy atom. The van der Waals surface area contributed by atoms with Crippen LogP contribution in [0.3, 0.4) is 0 Å². The Morgan fingerprint density at radius 2 is 2.00 bits per heavy atom. The van der Waals surface area contributed by atoms with Crippen LogP contribution >= 0.6 is 8.38 Å². The van der Waals surface area contributed by atoms with E-state index in [1.807, 2.05) is 20.5 Å². The first-order valence-electron chi connectivity index (χ1n) is 7.83. The predicted octanol–water partition coefficient (Wildman–Crippen LogP) is 2.98. The summed E-state index contributed by atoms with van der Waals surface area (Å²) in [4.78, 5) is 3.27. The maximum atomic E-state index is 6.76. The molecule has 6 atom stereocenters. The van der Waals surface area contributed by atoms with Gasteiger partial charge in [0.2, 0.25) is 6.54 Å². The summed E-state index contributed by atoms with van der Waals surface area (Å²) in [6.45, 7) is 17.7. The van der Waals surface area contributed by atoms with Gasteiger partial charge in [0.05, 0.1) is 12.2 Å². The van der Waals surface area contributed by atoms with E-state index in [1.54, 1.807) is 0 Å². The predicted molar refractivity (Wildman–Crippen MR) is 89.0 cm³/mol. The molecule has 7 heteroatoms. The molecule has 1 aliphatic rings. The zero-order valence-electron chi connectivity index (χ0n) is 14.2. The van der Waals surface area contributed by atoms with Gasteiger partial charge in [-0.05, 0) is 19.3 Å². The Labute approximate surface area is 137 Å². The van der Waals surface area contributed by atoms with Crippen molar-refractivity contribution >= 4 is 16.2 Å². The van der Waals surface area contributed by atoms with E-state index in [1.165, 1.54) is 0 Å². The highest BCUT2D eigenvalue weighted by Crippen LogP contribution is 2.41. The monoisotopic (exact) mass is 327 g/mol. The highest BCUT2D eigenvalue weighted by Gasteiger charge is 2.44. The quantitative estimate of drug-likeness (QED) is 0.283. The fourth-order valence-electron chi connectivity index (χ4n) is 2.19. The van der Waals surface area contributed by atoms with Gasteiger partial charge in [0.1, 0.15) is 26.7 Å². The van der Waals surface area contributed by atoms with E-state index >= 15 is 0 Å². The maximum Gasteiger partial charge on any atom is 0.238 e. The van der Waals surface area contributed by atoms with Crippen molar-refractivity contribution in [2.45, 2.75) is 64.5 Å². The Kier molecular flexibility index (Phi) is 8.90. The fourth-order valence-corrected chi connectivity index (χ4v) is 3.19. The van der Waals surface area contributed by atoms with E-state index in [9.17, 15) is 0 Å². The van der Waals surface area contributed by atoms with Gasteiger partial charge in [0.15, 0.2) is 8.38 Å². The van der Waals surface area contributed by atoms with Crippen molar-refractivity contribution in [3.8, 4) is 0 Å². The van der Waals surface area contributed by atoms with Gasteiger partial charge >= 0.3 is 0 Å². The van der Waals surface area contributed by atoms with Gasteiger partial charge < -0.3 is 23.4 Å². The number of hydrogen-bond acceptors (Lipinski definition) is 4. The summed E-state index contributed by atoms with van der Waals surface area (Å²) in [7, 11) is 5.00. The van der Waals surface area contributed by atoms with Crippen molar-refractivity contribution in [1.82, 2.24) is 0 Å². The summed E-state index contributed by atoms with van der Waals surface area (Å²) in [5.41, 5.74) is 0. The third-order valence-electron chi connectivity index (χ3n) is 3.81. The van der Waals surface area contributed by atoms with Crippen LogP contribution in [0, 0.1) is 12.5 Å². The van der Waals surface area contributed by atoms with E-state index in [0.717, 1.165) is 6.42 Å². The van der Waals surface area contributed by atoms with Gasteiger partial charge in [-0.1, -0.05) is 20.8 Å². The smallest absolute Gasteiger partial charge is 0.238 e. The van der Waals surface area contributed by atoms with Gasteiger partial charge in [0, 0.05) is 12.7 Å². The van der Waals surface area contributed by atoms with Gasteiger partial charge in [-0.25, -0.2) is 6.57 Å². The topological polar surface area (TPSA) is 41.3 Å². The van der Waals surface area contributed by atoms with Crippen LogP contribution in [0.15, 0.2) is 0 Å². The second-order valence-electron chi connectivity index (χ2n) is 5.82. The summed E-state index contributed by atoms with van der Waals surface area (Å²) in [6.07, 6.45) is 0.266. The SMILES string of the molecule is [B][C@@H]1O[C@H](CC)C(OP(C)OCC[N+]#[C-])[C@@H]1O[C@H](C)C(C)C. The molecule has 0 bridgehead atoms. The van der Waals surface area contributed by atoms with Crippen molar-refractivity contribution in [2.24, 2.45) is 5.92 Å². The molecule has 124 valence electrons. The van der Waals surface area contributed by atoms with Gasteiger partial charge in [-0.2, -0.15) is 0 Å². The molecular weight excluding hydrogens is 300 g/mol. The lowest BCUT2D eigenvalue weighted by atomic mass is 9.92. The van der Waals surface area contributed by atoms with Gasteiger partial charge in [-0.3, -0.25) is 0 Å². The number of nitrogens with zero attached hydrogens (tertiary/aromatic N) is 1. The van der Waals surface area contributed by atoms with E-state index in [-0.39, 0.29) is 24.4 Å². The third-order valence-corrected chi connectivity index (χ3v) is 4.89. The molecule has 0 aliphatic carbocycles. The molecule has 0 aromatic carbocycles. The Hall–Kier alpha value is -0.175. The van der Waals surface area contributed by atoms with Gasteiger partial charge in [0.25, 0.3) is 0 Å². The minimum absolute atomic E-state index is 0.0764. The molecule has 1 fully saturated rings. The Bertz CT molecular complexity index is 366. The highest BCUT2D eigenvalue weighted by atomic mass is 31.2. The van der Waals surface area contributed by atoms with Crippen LogP contribution in [0.25, 0.3) is 4.85 Å². The Balaban J connectivity index is 2.65. The molecule has 5 nitrogen and oxygen atoms in total. The van der Waals surface area contributed by atoms with Crippen LogP contribution < -0.4 is 0 Å². The van der Waals surface area contributed by atoms with E-state index in [2.05, 4.69) is 18.7 Å². The summed E-state index contributed by atoms with van der Waals surface area (Å²) < 4.78 is 23.4. The molecule has 1 heterocycles. The molecule has 1 saturated heterocycles. The van der Waals surface area contributed by atoms with E-state index in [4.69, 9.17) is 32.9 Å². The normalized spacial score (nSPS) is 31.1. The van der Waals surface area contributed by atoms with Crippen LogP contribution in [-0.4, -0.2) is 58.1 Å². The Morgan fingerprint density at radius 3 is 2.55 bits per heavy atom. The average molecular weight is 327 g/mol. The number of ether oxygens (including phenoxy) is 2. The first-order valence-corrected chi connectivity index (χ1v) is 9.46. The van der Waals surface area contributed by atoms with Crippen LogP contribution in [0.2, 0.25) is 0 Å². The highest BCUT2D eigenvalue weighted by molar-refractivity contribution is 7.46. The largest absolute Gasteiger partial charge is 0.379 e. The molecule has 2 unspecified atom stereocenters. The lowest BCUT2D eigenvalue weighted by Gasteiger charge is -2.29. The van der Waals surface area contributed by atoms with Crippen LogP contribution in [-0.2, 0) is 18.5 Å². The number of hydrogen-bond donors (Lipinski definition) is 0. The molecule has 0 amide bonds. The summed E-state index contributed by atoms with van der Waals surface area (Å²) >= 11 is 0. The molecule has 22 heavy (non-hydrogen) atoms. The summed E-state index contributed by atoms with van der Waals surface area (Å²) in [5, 5.41) is 0. The van der Waals surface area contributed by atoms with Crippen LogP contribution in [0.1, 0.15) is 34.1 Å². The second-order valence-corrected chi connectivity index (χ2v) is 7.17. The van der Waals surface area contributed by atoms with Crippen molar-refractivity contribution in [3.05, 3.63) is 11.4 Å². The van der Waals surface area contributed by atoms with Crippen molar-refractivity contribution in [3.63, 3.8) is 0 Å². The molecule has 0 aromatic heterocycles. The van der Waals surface area contributed by atoms with Crippen molar-refractivity contribution in [1.29, 1.82) is 0 Å². The van der Waals surface area contributed by atoms with E-state index in [0.29, 0.717) is 19.1 Å². The standard InChI is InChI=1S/C15H27BNO4P/c1-7-12-13(21-22(6)18-9-8-17-5)14(15(16)20-12)19-11(4)10(2)3/h10-15H,7-9H2,1-4,6H3/t11-,12-,13?,14+,15-,22?/m1/s1. The second kappa shape index (κ2) is 9.85. The lowest BCUT2D eigenvalue weighted by molar-refractivity contribution is -0.0667. The van der Waals surface area contributed by atoms with Crippen molar-refractivity contribution < 1.29 is 18.5 Å². The van der Waals surface area contributed by atoms with E-state index < -0.39 is 14.4 Å². The maximum absolute atomic E-state index is 6.76. The van der Waals surface area contributed by atoms with Crippen molar-refractivity contribution in [2.75, 3.05) is 19.8 Å². The molecular formula is C15H27BNO4P. The zero-order valence-corrected chi connectivity index (χ0v) is 15.1. The molecule has 0 spiro atoms. The molecule has 1 aliphatic heterocycles. The molecule has 1 rings (SSSR count). The summed E-state index contributed by atoms with van der Waals surface area (Å²) in [5.74, 6) is 0.395. The number of rotatable bonds is 9. The zero-order chi connectivity index (χ0) is 16.7. The fraction of sp³-hybridized carbons (Fsp3) is 0.933. The summed E-state index contributed by atoms with van der Waals surface area (Å²) in [6, 6.07) is -0.484. The molecule has 2 radical (unpaired) electrons. The minimum atomic E-state index is -1.08. The minimum Gasteiger partial charge on any atom is -0.379 e. The average Bonchev–Trinajstić information content (AvgIpc) is 2.75. The molecule has 0 aromatic rings. The first-order chi connectivity index (χ1) is 10.4. The first kappa shape index (κ1) is 19.9. The van der Waals surface area contributed by atoms with Crippen LogP contribution in [0.4, 0.5) is 0 Å². The molecule has 0 saturated carbocycles. The third kappa shape index (κ3) is 5.79.